The molecule has 4 aliphatic rings. The van der Waals surface area contributed by atoms with Crippen LogP contribution in [0.25, 0.3) is 17.0 Å². The van der Waals surface area contributed by atoms with Crippen LogP contribution < -0.4 is 19.3 Å². The van der Waals surface area contributed by atoms with E-state index in [1.54, 1.807) is 0 Å². The number of fused-ring (bicyclic) bond motifs is 3. The summed E-state index contributed by atoms with van der Waals surface area (Å²) < 4.78 is 18.6. The van der Waals surface area contributed by atoms with Crippen molar-refractivity contribution in [2.45, 2.75) is 18.9 Å². The highest BCUT2D eigenvalue weighted by molar-refractivity contribution is 5.81. The van der Waals surface area contributed by atoms with E-state index in [0.29, 0.717) is 11.8 Å². The first-order chi connectivity index (χ1) is 22.8. The van der Waals surface area contributed by atoms with Crippen LogP contribution in [0.3, 0.4) is 0 Å². The lowest BCUT2D eigenvalue weighted by Crippen LogP contribution is -2.30. The van der Waals surface area contributed by atoms with Crippen molar-refractivity contribution >= 4 is 28.3 Å². The molecular weight excluding hydrogens is 572 g/mol. The molecule has 7 heteroatoms. The van der Waals surface area contributed by atoms with E-state index in [1.165, 1.54) is 0 Å². The summed E-state index contributed by atoms with van der Waals surface area (Å²) in [7, 11) is 0. The number of hydrogen-bond acceptors (Lipinski definition) is 7. The van der Waals surface area contributed by atoms with Gasteiger partial charge in [0, 0.05) is 16.8 Å². The summed E-state index contributed by atoms with van der Waals surface area (Å²) in [5.74, 6) is 4.35. The first kappa shape index (κ1) is 26.3. The average Bonchev–Trinajstić information content (AvgIpc) is 3.48. The van der Waals surface area contributed by atoms with E-state index in [1.807, 2.05) is 85.0 Å². The van der Waals surface area contributed by atoms with Crippen LogP contribution in [0.2, 0.25) is 0 Å². The van der Waals surface area contributed by atoms with Crippen molar-refractivity contribution < 1.29 is 13.9 Å². The van der Waals surface area contributed by atoms with Crippen LogP contribution in [-0.2, 0) is 0 Å². The molecule has 7 nitrogen and oxygen atoms in total. The van der Waals surface area contributed by atoms with Gasteiger partial charge in [-0.3, -0.25) is 0 Å². The molecule has 1 atom stereocenters. The third-order valence-electron chi connectivity index (χ3n) is 8.57. The number of para-hydroxylation sites is 6. The maximum Gasteiger partial charge on any atom is 0.248 e. The summed E-state index contributed by atoms with van der Waals surface area (Å²) >= 11 is 0. The van der Waals surface area contributed by atoms with Gasteiger partial charge in [-0.1, -0.05) is 66.8 Å². The van der Waals surface area contributed by atoms with Crippen LogP contribution >= 0.6 is 0 Å². The Balaban J connectivity index is 0.981. The molecule has 1 aromatic heterocycles. The molecule has 0 radical (unpaired) electrons. The number of aromatic nitrogens is 2. The number of ether oxygens (including phenoxy) is 2. The monoisotopic (exact) mass is 600 g/mol. The Morgan fingerprint density at radius 1 is 0.652 bits per heavy atom. The van der Waals surface area contributed by atoms with Crippen molar-refractivity contribution in [3.05, 3.63) is 157 Å². The lowest BCUT2D eigenvalue weighted by molar-refractivity contribution is 0.421. The summed E-state index contributed by atoms with van der Waals surface area (Å²) in [6.45, 7) is 0. The number of hydrogen-bond donors (Lipinski definition) is 0. The Bertz CT molecular complexity index is 2090. The van der Waals surface area contributed by atoms with Gasteiger partial charge in [-0.05, 0) is 85.7 Å². The highest BCUT2D eigenvalue weighted by Crippen LogP contribution is 2.48. The minimum absolute atomic E-state index is 0.0458. The fourth-order valence-electron chi connectivity index (χ4n) is 6.41. The van der Waals surface area contributed by atoms with E-state index in [-0.39, 0.29) is 6.04 Å². The molecule has 4 aromatic carbocycles. The van der Waals surface area contributed by atoms with Gasteiger partial charge in [0.25, 0.3) is 0 Å². The van der Waals surface area contributed by atoms with E-state index < -0.39 is 0 Å². The van der Waals surface area contributed by atoms with Crippen molar-refractivity contribution in [3.8, 4) is 28.7 Å². The van der Waals surface area contributed by atoms with Gasteiger partial charge in [-0.15, -0.1) is 10.2 Å². The van der Waals surface area contributed by atoms with Crippen LogP contribution in [0.15, 0.2) is 155 Å². The normalized spacial score (nSPS) is 17.7. The smallest absolute Gasteiger partial charge is 0.248 e. The predicted molar refractivity (Wildman–Crippen MR) is 179 cm³/mol. The Kier molecular flexibility index (Phi) is 6.19. The van der Waals surface area contributed by atoms with Gasteiger partial charge in [0.2, 0.25) is 11.8 Å². The van der Waals surface area contributed by atoms with Crippen molar-refractivity contribution in [2.24, 2.45) is 0 Å². The third kappa shape index (κ3) is 4.44. The van der Waals surface area contributed by atoms with E-state index >= 15 is 0 Å². The molecule has 2 aliphatic carbocycles. The first-order valence-corrected chi connectivity index (χ1v) is 15.4. The number of benzene rings is 4. The van der Waals surface area contributed by atoms with Crippen LogP contribution in [0.4, 0.5) is 22.7 Å². The molecule has 0 spiro atoms. The second kappa shape index (κ2) is 10.8. The van der Waals surface area contributed by atoms with Crippen LogP contribution in [0.5, 0.6) is 17.2 Å². The quantitative estimate of drug-likeness (QED) is 0.203. The zero-order valence-corrected chi connectivity index (χ0v) is 24.8. The summed E-state index contributed by atoms with van der Waals surface area (Å²) in [6, 6.07) is 32.6. The standard InChI is InChI=1S/C39H28N4O3/c1-5-16-34-30(12-1)42(31-13-2-6-17-35(31)44-34)28-11-9-10-26(20-23-28)38-40-41-39(46-38)27-21-24-29(25-22-27)43-32-14-3-7-18-36(32)45-37-19-8-4-15-33(37)43/h1-3,5-14,16-25,28H,4,15H2. The third-order valence-corrected chi connectivity index (χ3v) is 8.57. The number of anilines is 4. The van der Waals surface area contributed by atoms with E-state index in [9.17, 15) is 0 Å². The molecule has 0 saturated carbocycles. The van der Waals surface area contributed by atoms with Crippen molar-refractivity contribution in [2.75, 3.05) is 9.80 Å². The number of allylic oxidation sites excluding steroid dienone is 7. The molecule has 5 aromatic rings. The summed E-state index contributed by atoms with van der Waals surface area (Å²) in [4.78, 5) is 4.57. The zero-order valence-electron chi connectivity index (χ0n) is 24.8. The van der Waals surface area contributed by atoms with Gasteiger partial charge in [-0.25, -0.2) is 0 Å². The highest BCUT2D eigenvalue weighted by atomic mass is 16.5. The van der Waals surface area contributed by atoms with Gasteiger partial charge in [0.1, 0.15) is 5.76 Å². The van der Waals surface area contributed by atoms with Gasteiger partial charge in [-0.2, -0.15) is 0 Å². The predicted octanol–water partition coefficient (Wildman–Crippen LogP) is 9.65. The SMILES string of the molecule is C1=CC(N2c3ccccc3Oc3ccccc32)C=CC(c2nnc(-c3ccc(N4C5=C(C=CCC5)Oc5ccccc54)cc3)o2)=C1. The number of rotatable bonds is 4. The molecule has 0 saturated heterocycles. The molecule has 3 heterocycles. The van der Waals surface area contributed by atoms with Crippen molar-refractivity contribution in [3.63, 3.8) is 0 Å². The Morgan fingerprint density at radius 3 is 2.09 bits per heavy atom. The van der Waals surface area contributed by atoms with Gasteiger partial charge >= 0.3 is 0 Å². The maximum atomic E-state index is 6.22. The molecule has 222 valence electrons. The molecule has 46 heavy (non-hydrogen) atoms. The van der Waals surface area contributed by atoms with E-state index in [2.05, 4.69) is 74.6 Å². The van der Waals surface area contributed by atoms with Crippen LogP contribution in [0, 0.1) is 0 Å². The molecule has 0 N–H and O–H groups in total. The van der Waals surface area contributed by atoms with Crippen LogP contribution in [-0.4, -0.2) is 16.2 Å². The molecule has 9 rings (SSSR count). The van der Waals surface area contributed by atoms with Gasteiger partial charge in [0.15, 0.2) is 17.2 Å². The van der Waals surface area contributed by atoms with Gasteiger partial charge in [0.05, 0.1) is 28.8 Å². The van der Waals surface area contributed by atoms with Crippen molar-refractivity contribution in [1.82, 2.24) is 10.2 Å². The lowest BCUT2D eigenvalue weighted by Gasteiger charge is -2.36. The summed E-state index contributed by atoms with van der Waals surface area (Å²) in [5.41, 5.74) is 6.98. The largest absolute Gasteiger partial charge is 0.453 e. The second-order valence-electron chi connectivity index (χ2n) is 11.4. The minimum Gasteiger partial charge on any atom is -0.453 e. The lowest BCUT2D eigenvalue weighted by atomic mass is 10.0. The molecule has 1 unspecified atom stereocenters. The minimum atomic E-state index is -0.0458. The van der Waals surface area contributed by atoms with E-state index in [4.69, 9.17) is 13.9 Å². The highest BCUT2D eigenvalue weighted by Gasteiger charge is 2.29. The number of nitrogens with zero attached hydrogens (tertiary/aromatic N) is 4. The topological polar surface area (TPSA) is 63.9 Å². The van der Waals surface area contributed by atoms with Gasteiger partial charge < -0.3 is 23.7 Å². The summed E-state index contributed by atoms with van der Waals surface area (Å²) in [5, 5.41) is 8.83. The second-order valence-corrected chi connectivity index (χ2v) is 11.4. The fraction of sp³-hybridized carbons (Fsp3) is 0.0769. The molecule has 0 amide bonds. The summed E-state index contributed by atoms with van der Waals surface area (Å²) in [6.07, 6.45) is 16.5. The van der Waals surface area contributed by atoms with Crippen LogP contribution in [0.1, 0.15) is 18.7 Å². The molecule has 0 fully saturated rings. The van der Waals surface area contributed by atoms with E-state index in [0.717, 1.165) is 75.4 Å². The Hall–Kier alpha value is -6.08. The Morgan fingerprint density at radius 2 is 1.33 bits per heavy atom. The zero-order chi connectivity index (χ0) is 30.5. The fourth-order valence-corrected chi connectivity index (χ4v) is 6.41. The molecule has 0 bridgehead atoms. The maximum absolute atomic E-state index is 6.22. The average molecular weight is 601 g/mol. The van der Waals surface area contributed by atoms with Crippen molar-refractivity contribution in [1.29, 1.82) is 0 Å². The Labute approximate surface area is 266 Å². The first-order valence-electron chi connectivity index (χ1n) is 15.4. The molecule has 2 aliphatic heterocycles. The molecular formula is C39H28N4O3.